The van der Waals surface area contributed by atoms with E-state index in [0.717, 1.165) is 56.9 Å². The van der Waals surface area contributed by atoms with Crippen LogP contribution in [0.1, 0.15) is 16.8 Å². The number of ether oxygens (including phenoxy) is 3. The van der Waals surface area contributed by atoms with E-state index >= 15 is 0 Å². The molecule has 0 aliphatic carbocycles. The van der Waals surface area contributed by atoms with Crippen molar-refractivity contribution < 1.29 is 19.0 Å². The molecule has 1 aliphatic heterocycles. The minimum absolute atomic E-state index is 0.547. The van der Waals surface area contributed by atoms with Gasteiger partial charge in [-0.15, -0.1) is 0 Å². The lowest BCUT2D eigenvalue weighted by Gasteiger charge is -2.36. The van der Waals surface area contributed by atoms with Gasteiger partial charge in [0.25, 0.3) is 0 Å². The number of para-hydroxylation sites is 2. The molecule has 6 nitrogen and oxygen atoms in total. The molecule has 1 saturated heterocycles. The molecule has 0 N–H and O–H groups in total. The fraction of sp³-hybridized carbons (Fsp3) is 0.409. The van der Waals surface area contributed by atoms with Crippen molar-refractivity contribution in [3.63, 3.8) is 0 Å². The van der Waals surface area contributed by atoms with Crippen LogP contribution < -0.4 is 19.1 Å². The Balaban J connectivity index is 1.43. The fourth-order valence-corrected chi connectivity index (χ4v) is 3.44. The smallest absolute Gasteiger partial charge is 0.153 e. The Morgan fingerprint density at radius 3 is 2.46 bits per heavy atom. The molecule has 2 aromatic rings. The van der Waals surface area contributed by atoms with E-state index < -0.39 is 0 Å². The zero-order valence-corrected chi connectivity index (χ0v) is 16.6. The first kappa shape index (κ1) is 20.0. The van der Waals surface area contributed by atoms with E-state index in [0.29, 0.717) is 23.7 Å². The summed E-state index contributed by atoms with van der Waals surface area (Å²) in [5, 5.41) is 0. The number of rotatable bonds is 9. The van der Waals surface area contributed by atoms with Crippen LogP contribution in [0.2, 0.25) is 0 Å². The van der Waals surface area contributed by atoms with Crippen LogP contribution in [0.3, 0.4) is 0 Å². The molecule has 0 spiro atoms. The second-order valence-electron chi connectivity index (χ2n) is 6.72. The lowest BCUT2D eigenvalue weighted by Crippen LogP contribution is -2.46. The van der Waals surface area contributed by atoms with Gasteiger partial charge in [0.1, 0.15) is 17.2 Å². The minimum atomic E-state index is 0.547. The first-order valence-electron chi connectivity index (χ1n) is 9.61. The number of carbonyl (C=O) groups is 1. The highest BCUT2D eigenvalue weighted by molar-refractivity contribution is 5.79. The molecule has 6 heteroatoms. The molecule has 3 rings (SSSR count). The summed E-state index contributed by atoms with van der Waals surface area (Å²) in [4.78, 5) is 16.0. The average molecular weight is 384 g/mol. The molecule has 0 amide bonds. The SMILES string of the molecule is COc1ccc(C=O)c(OCCCN2CCN(c3ccccc3OC)CC2)c1. The summed E-state index contributed by atoms with van der Waals surface area (Å²) in [5.74, 6) is 2.19. The molecular formula is C22H28N2O4. The van der Waals surface area contributed by atoms with Crippen LogP contribution in [0.4, 0.5) is 5.69 Å². The number of hydrogen-bond acceptors (Lipinski definition) is 6. The Bertz CT molecular complexity index is 773. The Hall–Kier alpha value is -2.73. The summed E-state index contributed by atoms with van der Waals surface area (Å²) in [6.07, 6.45) is 1.72. The molecule has 2 aromatic carbocycles. The van der Waals surface area contributed by atoms with Crippen LogP contribution in [0.5, 0.6) is 17.2 Å². The normalized spacial score (nSPS) is 14.6. The van der Waals surface area contributed by atoms with Crippen LogP contribution >= 0.6 is 0 Å². The van der Waals surface area contributed by atoms with Gasteiger partial charge in [-0.2, -0.15) is 0 Å². The molecule has 0 bridgehead atoms. The van der Waals surface area contributed by atoms with Crippen LogP contribution in [0.15, 0.2) is 42.5 Å². The topological polar surface area (TPSA) is 51.2 Å². The third-order valence-electron chi connectivity index (χ3n) is 5.02. The van der Waals surface area contributed by atoms with Gasteiger partial charge in [0, 0.05) is 38.8 Å². The summed E-state index contributed by atoms with van der Waals surface area (Å²) < 4.78 is 16.5. The van der Waals surface area contributed by atoms with Crippen molar-refractivity contribution in [3.8, 4) is 17.2 Å². The molecule has 150 valence electrons. The largest absolute Gasteiger partial charge is 0.497 e. The van der Waals surface area contributed by atoms with Gasteiger partial charge < -0.3 is 19.1 Å². The Morgan fingerprint density at radius 1 is 0.964 bits per heavy atom. The van der Waals surface area contributed by atoms with Crippen molar-refractivity contribution in [2.75, 3.05) is 58.5 Å². The molecule has 1 heterocycles. The minimum Gasteiger partial charge on any atom is -0.497 e. The Morgan fingerprint density at radius 2 is 1.75 bits per heavy atom. The molecule has 0 saturated carbocycles. The van der Waals surface area contributed by atoms with Crippen LogP contribution in [0, 0.1) is 0 Å². The molecule has 1 aliphatic rings. The average Bonchev–Trinajstić information content (AvgIpc) is 2.77. The number of benzene rings is 2. The van der Waals surface area contributed by atoms with Crippen molar-refractivity contribution >= 4 is 12.0 Å². The summed E-state index contributed by atoms with van der Waals surface area (Å²) >= 11 is 0. The first-order valence-corrected chi connectivity index (χ1v) is 9.61. The Labute approximate surface area is 166 Å². The number of hydrogen-bond donors (Lipinski definition) is 0. The van der Waals surface area contributed by atoms with E-state index in [1.807, 2.05) is 18.2 Å². The zero-order chi connectivity index (χ0) is 19.8. The number of anilines is 1. The molecule has 0 atom stereocenters. The van der Waals surface area contributed by atoms with Crippen LogP contribution in [0.25, 0.3) is 0 Å². The van der Waals surface area contributed by atoms with E-state index in [9.17, 15) is 4.79 Å². The van der Waals surface area contributed by atoms with Gasteiger partial charge in [-0.1, -0.05) is 12.1 Å². The number of piperazine rings is 1. The molecule has 0 radical (unpaired) electrons. The van der Waals surface area contributed by atoms with Gasteiger partial charge in [-0.3, -0.25) is 9.69 Å². The van der Waals surface area contributed by atoms with E-state index in [-0.39, 0.29) is 0 Å². The quantitative estimate of drug-likeness (QED) is 0.489. The number of methoxy groups -OCH3 is 2. The summed E-state index contributed by atoms with van der Waals surface area (Å²) in [6, 6.07) is 13.4. The summed E-state index contributed by atoms with van der Waals surface area (Å²) in [6.45, 7) is 5.52. The number of carbonyl (C=O) groups excluding carboxylic acids is 1. The van der Waals surface area contributed by atoms with E-state index in [1.54, 1.807) is 32.4 Å². The van der Waals surface area contributed by atoms with E-state index in [2.05, 4.69) is 15.9 Å². The second-order valence-corrected chi connectivity index (χ2v) is 6.72. The predicted octanol–water partition coefficient (Wildman–Crippen LogP) is 3.11. The van der Waals surface area contributed by atoms with Crippen molar-refractivity contribution in [3.05, 3.63) is 48.0 Å². The first-order chi connectivity index (χ1) is 13.7. The highest BCUT2D eigenvalue weighted by Gasteiger charge is 2.19. The van der Waals surface area contributed by atoms with E-state index in [1.165, 1.54) is 0 Å². The van der Waals surface area contributed by atoms with Crippen LogP contribution in [-0.4, -0.2) is 64.7 Å². The predicted molar refractivity (Wildman–Crippen MR) is 110 cm³/mol. The summed E-state index contributed by atoms with van der Waals surface area (Å²) in [7, 11) is 3.32. The lowest BCUT2D eigenvalue weighted by molar-refractivity contribution is 0.111. The molecule has 0 unspecified atom stereocenters. The monoisotopic (exact) mass is 384 g/mol. The maximum absolute atomic E-state index is 11.2. The molecule has 1 fully saturated rings. The maximum Gasteiger partial charge on any atom is 0.153 e. The lowest BCUT2D eigenvalue weighted by atomic mass is 10.2. The van der Waals surface area contributed by atoms with Gasteiger partial charge in [0.15, 0.2) is 6.29 Å². The van der Waals surface area contributed by atoms with Gasteiger partial charge in [-0.05, 0) is 30.7 Å². The van der Waals surface area contributed by atoms with Crippen molar-refractivity contribution in [2.45, 2.75) is 6.42 Å². The van der Waals surface area contributed by atoms with Crippen molar-refractivity contribution in [2.24, 2.45) is 0 Å². The fourth-order valence-electron chi connectivity index (χ4n) is 3.44. The second kappa shape index (κ2) is 9.99. The van der Waals surface area contributed by atoms with E-state index in [4.69, 9.17) is 14.2 Å². The van der Waals surface area contributed by atoms with Gasteiger partial charge in [0.05, 0.1) is 32.1 Å². The summed E-state index contributed by atoms with van der Waals surface area (Å²) in [5.41, 5.74) is 1.71. The number of aldehydes is 1. The maximum atomic E-state index is 11.2. The third kappa shape index (κ3) is 4.95. The Kier molecular flexibility index (Phi) is 7.14. The van der Waals surface area contributed by atoms with Gasteiger partial charge in [0.2, 0.25) is 0 Å². The van der Waals surface area contributed by atoms with Crippen LogP contribution in [-0.2, 0) is 0 Å². The van der Waals surface area contributed by atoms with Crippen molar-refractivity contribution in [1.82, 2.24) is 4.90 Å². The third-order valence-corrected chi connectivity index (χ3v) is 5.02. The zero-order valence-electron chi connectivity index (χ0n) is 16.6. The van der Waals surface area contributed by atoms with Gasteiger partial charge >= 0.3 is 0 Å². The van der Waals surface area contributed by atoms with Gasteiger partial charge in [-0.25, -0.2) is 0 Å². The highest BCUT2D eigenvalue weighted by Crippen LogP contribution is 2.28. The molecular weight excluding hydrogens is 356 g/mol. The standard InChI is InChI=1S/C22H28N2O4/c1-26-19-9-8-18(17-25)22(16-19)28-15-5-10-23-11-13-24(14-12-23)20-6-3-4-7-21(20)27-2/h3-4,6-9,16-17H,5,10-15H2,1-2H3. The van der Waals surface area contributed by atoms with Crippen molar-refractivity contribution in [1.29, 1.82) is 0 Å². The molecule has 28 heavy (non-hydrogen) atoms. The molecule has 0 aromatic heterocycles. The number of nitrogens with zero attached hydrogens (tertiary/aromatic N) is 2. The highest BCUT2D eigenvalue weighted by atomic mass is 16.5.